The van der Waals surface area contributed by atoms with Crippen LogP contribution in [0.3, 0.4) is 0 Å². The molecule has 2 amide bonds. The molecule has 1 N–H and O–H groups in total. The number of nitrogens with one attached hydrogen (secondary N) is 1. The molecule has 0 aromatic heterocycles. The molecule has 0 unspecified atom stereocenters. The van der Waals surface area contributed by atoms with Crippen LogP contribution in [0.1, 0.15) is 22.3 Å². The number of amides is 2. The number of methoxy groups -OCH3 is 1. The van der Waals surface area contributed by atoms with E-state index in [9.17, 15) is 9.59 Å². The molecule has 0 radical (unpaired) electrons. The lowest BCUT2D eigenvalue weighted by Gasteiger charge is -2.32. The average Bonchev–Trinajstić information content (AvgIpc) is 2.96. The van der Waals surface area contributed by atoms with Crippen LogP contribution in [0.2, 0.25) is 5.02 Å². The second kappa shape index (κ2) is 13.5. The van der Waals surface area contributed by atoms with E-state index in [2.05, 4.69) is 5.32 Å². The van der Waals surface area contributed by atoms with E-state index in [1.807, 2.05) is 97.1 Å². The zero-order valence-electron chi connectivity index (χ0n) is 21.3. The number of para-hydroxylation sites is 1. The third-order valence-corrected chi connectivity index (χ3v) is 6.63. The van der Waals surface area contributed by atoms with Gasteiger partial charge in [-0.3, -0.25) is 9.59 Å². The van der Waals surface area contributed by atoms with E-state index in [0.717, 1.165) is 22.3 Å². The Bertz CT molecular complexity index is 1330. The highest BCUT2D eigenvalue weighted by molar-refractivity contribution is 6.30. The Hall–Kier alpha value is -4.09. The summed E-state index contributed by atoms with van der Waals surface area (Å²) in [6.07, 6.45) is 0.548. The van der Waals surface area contributed by atoms with Crippen LogP contribution in [0.4, 0.5) is 0 Å². The summed E-state index contributed by atoms with van der Waals surface area (Å²) in [6.45, 7) is 0.603. The van der Waals surface area contributed by atoms with E-state index in [4.69, 9.17) is 16.3 Å². The molecule has 0 aliphatic carbocycles. The summed E-state index contributed by atoms with van der Waals surface area (Å²) in [5, 5.41) is 3.67. The topological polar surface area (TPSA) is 58.6 Å². The molecule has 0 saturated heterocycles. The summed E-state index contributed by atoms with van der Waals surface area (Å²) in [4.78, 5) is 29.3. The Morgan fingerprint density at radius 2 is 1.39 bits per heavy atom. The molecule has 0 fully saturated rings. The lowest BCUT2D eigenvalue weighted by atomic mass is 10.0. The molecule has 194 valence electrons. The van der Waals surface area contributed by atoms with Gasteiger partial charge >= 0.3 is 0 Å². The zero-order chi connectivity index (χ0) is 26.7. The Balaban J connectivity index is 1.64. The minimum atomic E-state index is -0.716. The fraction of sp³-hybridized carbons (Fsp3) is 0.188. The van der Waals surface area contributed by atoms with E-state index in [1.54, 1.807) is 24.1 Å². The molecular weight excluding hydrogens is 496 g/mol. The maximum absolute atomic E-state index is 13.8. The number of nitrogens with zero attached hydrogens (tertiary/aromatic N) is 1. The van der Waals surface area contributed by atoms with E-state index >= 15 is 0 Å². The maximum Gasteiger partial charge on any atom is 0.243 e. The third kappa shape index (κ3) is 7.46. The van der Waals surface area contributed by atoms with Crippen LogP contribution in [0.5, 0.6) is 5.75 Å². The summed E-state index contributed by atoms with van der Waals surface area (Å²) >= 11 is 6.05. The van der Waals surface area contributed by atoms with Crippen molar-refractivity contribution in [3.8, 4) is 5.75 Å². The number of hydrogen-bond acceptors (Lipinski definition) is 3. The van der Waals surface area contributed by atoms with Crippen LogP contribution < -0.4 is 10.1 Å². The molecule has 5 nitrogen and oxygen atoms in total. The molecule has 4 aromatic carbocycles. The summed E-state index contributed by atoms with van der Waals surface area (Å²) < 4.78 is 5.45. The van der Waals surface area contributed by atoms with Gasteiger partial charge in [0.2, 0.25) is 11.8 Å². The van der Waals surface area contributed by atoms with Crippen molar-refractivity contribution in [3.63, 3.8) is 0 Å². The van der Waals surface area contributed by atoms with Gasteiger partial charge in [-0.1, -0.05) is 103 Å². The zero-order valence-corrected chi connectivity index (χ0v) is 22.1. The molecule has 0 saturated carbocycles. The standard InChI is InChI=1S/C32H31ClN2O3/c1-38-30-15-9-8-14-27(30)22-34-32(37)29(20-24-10-4-2-5-11-24)35(23-26-12-6-3-7-13-26)31(36)21-25-16-18-28(33)19-17-25/h2-19,29H,20-23H2,1H3,(H,34,37)/t29-/m0/s1. The van der Waals surface area contributed by atoms with Gasteiger partial charge in [0.05, 0.1) is 13.5 Å². The SMILES string of the molecule is COc1ccccc1CNC(=O)[C@H](Cc1ccccc1)N(Cc1ccccc1)C(=O)Cc1ccc(Cl)cc1. The lowest BCUT2D eigenvalue weighted by Crippen LogP contribution is -2.50. The highest BCUT2D eigenvalue weighted by atomic mass is 35.5. The van der Waals surface area contributed by atoms with Crippen molar-refractivity contribution in [1.29, 1.82) is 0 Å². The van der Waals surface area contributed by atoms with Gasteiger partial charge in [-0.05, 0) is 34.9 Å². The largest absolute Gasteiger partial charge is 0.496 e. The molecular formula is C32H31ClN2O3. The summed E-state index contributed by atoms with van der Waals surface area (Å²) in [5.74, 6) is 0.345. The Kier molecular flexibility index (Phi) is 9.54. The van der Waals surface area contributed by atoms with Crippen molar-refractivity contribution in [2.75, 3.05) is 7.11 Å². The summed E-state index contributed by atoms with van der Waals surface area (Å²) in [7, 11) is 1.61. The first-order chi connectivity index (χ1) is 18.5. The minimum Gasteiger partial charge on any atom is -0.496 e. The quantitative estimate of drug-likeness (QED) is 0.267. The van der Waals surface area contributed by atoms with Gasteiger partial charge in [0.1, 0.15) is 11.8 Å². The smallest absolute Gasteiger partial charge is 0.243 e. The van der Waals surface area contributed by atoms with Gasteiger partial charge in [-0.2, -0.15) is 0 Å². The Morgan fingerprint density at radius 3 is 2.05 bits per heavy atom. The number of rotatable bonds is 11. The van der Waals surface area contributed by atoms with E-state index in [0.29, 0.717) is 30.3 Å². The molecule has 38 heavy (non-hydrogen) atoms. The molecule has 0 bridgehead atoms. The highest BCUT2D eigenvalue weighted by Crippen LogP contribution is 2.20. The molecule has 6 heteroatoms. The molecule has 0 aliphatic heterocycles. The van der Waals surface area contributed by atoms with Crippen LogP contribution in [-0.2, 0) is 35.5 Å². The van der Waals surface area contributed by atoms with Gasteiger partial charge in [0, 0.05) is 30.1 Å². The number of hydrogen-bond donors (Lipinski definition) is 1. The highest BCUT2D eigenvalue weighted by Gasteiger charge is 2.30. The van der Waals surface area contributed by atoms with Gasteiger partial charge in [0.25, 0.3) is 0 Å². The molecule has 0 spiro atoms. The van der Waals surface area contributed by atoms with Crippen LogP contribution in [0.15, 0.2) is 109 Å². The van der Waals surface area contributed by atoms with Gasteiger partial charge in [-0.25, -0.2) is 0 Å². The predicted octanol–water partition coefficient (Wildman–Crippen LogP) is 5.85. The number of carbonyl (C=O) groups is 2. The Morgan fingerprint density at radius 1 is 0.789 bits per heavy atom. The van der Waals surface area contributed by atoms with E-state index < -0.39 is 6.04 Å². The summed E-state index contributed by atoms with van der Waals surface area (Å²) in [5.41, 5.74) is 3.63. The second-order valence-electron chi connectivity index (χ2n) is 9.05. The first-order valence-corrected chi connectivity index (χ1v) is 12.9. The van der Waals surface area contributed by atoms with E-state index in [1.165, 1.54) is 0 Å². The molecule has 4 aromatic rings. The maximum atomic E-state index is 13.8. The monoisotopic (exact) mass is 526 g/mol. The third-order valence-electron chi connectivity index (χ3n) is 6.38. The molecule has 4 rings (SSSR count). The van der Waals surface area contributed by atoms with Gasteiger partial charge in [0.15, 0.2) is 0 Å². The normalized spacial score (nSPS) is 11.4. The summed E-state index contributed by atoms with van der Waals surface area (Å²) in [6, 6.07) is 33.6. The number of halogens is 1. The van der Waals surface area contributed by atoms with E-state index in [-0.39, 0.29) is 18.2 Å². The minimum absolute atomic E-state index is 0.135. The molecule has 0 aliphatic rings. The van der Waals surface area contributed by atoms with Crippen molar-refractivity contribution < 1.29 is 14.3 Å². The van der Waals surface area contributed by atoms with Crippen LogP contribution in [-0.4, -0.2) is 29.9 Å². The van der Waals surface area contributed by atoms with Gasteiger partial charge in [-0.15, -0.1) is 0 Å². The lowest BCUT2D eigenvalue weighted by molar-refractivity contribution is -0.140. The van der Waals surface area contributed by atoms with Crippen LogP contribution in [0, 0.1) is 0 Å². The van der Waals surface area contributed by atoms with Crippen LogP contribution >= 0.6 is 11.6 Å². The fourth-order valence-electron chi connectivity index (χ4n) is 4.36. The predicted molar refractivity (Wildman–Crippen MR) is 151 cm³/mol. The Labute approximate surface area is 229 Å². The molecule has 0 heterocycles. The molecule has 1 atom stereocenters. The first-order valence-electron chi connectivity index (χ1n) is 12.5. The van der Waals surface area contributed by atoms with Crippen molar-refractivity contribution in [1.82, 2.24) is 10.2 Å². The van der Waals surface area contributed by atoms with Gasteiger partial charge < -0.3 is 15.0 Å². The average molecular weight is 527 g/mol. The number of benzene rings is 4. The van der Waals surface area contributed by atoms with Crippen molar-refractivity contribution in [2.45, 2.75) is 32.0 Å². The van der Waals surface area contributed by atoms with Crippen molar-refractivity contribution in [2.24, 2.45) is 0 Å². The number of carbonyl (C=O) groups excluding carboxylic acids is 2. The van der Waals surface area contributed by atoms with Crippen molar-refractivity contribution in [3.05, 3.63) is 136 Å². The number of ether oxygens (including phenoxy) is 1. The van der Waals surface area contributed by atoms with Crippen molar-refractivity contribution >= 4 is 23.4 Å². The van der Waals surface area contributed by atoms with Crippen LogP contribution in [0.25, 0.3) is 0 Å². The first kappa shape index (κ1) is 27.0. The second-order valence-corrected chi connectivity index (χ2v) is 9.48. The fourth-order valence-corrected chi connectivity index (χ4v) is 4.49.